The summed E-state index contributed by atoms with van der Waals surface area (Å²) in [6.07, 6.45) is 0.636. The first kappa shape index (κ1) is 16.9. The molecule has 1 amide bonds. The number of amides is 1. The van der Waals surface area contributed by atoms with E-state index in [2.05, 4.69) is 22.2 Å². The molecule has 0 aliphatic heterocycles. The minimum absolute atomic E-state index is 0.188. The Hall–Kier alpha value is -1.14. The van der Waals surface area contributed by atoms with E-state index in [9.17, 15) is 4.79 Å². The van der Waals surface area contributed by atoms with Crippen LogP contribution in [0.4, 0.5) is 0 Å². The van der Waals surface area contributed by atoms with Crippen LogP contribution in [0, 0.1) is 13.8 Å². The normalized spacial score (nSPS) is 15.7. The summed E-state index contributed by atoms with van der Waals surface area (Å²) in [6.45, 7) is 10.5. The van der Waals surface area contributed by atoms with Crippen molar-refractivity contribution in [1.29, 1.82) is 0 Å². The van der Waals surface area contributed by atoms with Crippen molar-refractivity contribution >= 4 is 17.7 Å². The molecule has 20 heavy (non-hydrogen) atoms. The molecule has 5 nitrogen and oxygen atoms in total. The number of likely N-dealkylation sites (N-methyl/N-ethyl adjacent to an activating group) is 1. The van der Waals surface area contributed by atoms with Gasteiger partial charge in [0.25, 0.3) is 0 Å². The van der Waals surface area contributed by atoms with Gasteiger partial charge in [0.15, 0.2) is 5.16 Å². The minimum atomic E-state index is -0.694. The molecule has 1 aromatic rings. The average Bonchev–Trinajstić information content (AvgIpc) is 2.26. The zero-order valence-corrected chi connectivity index (χ0v) is 13.7. The first-order valence-electron chi connectivity index (χ1n) is 6.80. The van der Waals surface area contributed by atoms with Gasteiger partial charge in [-0.05, 0) is 39.8 Å². The average molecular weight is 296 g/mol. The predicted molar refractivity (Wildman–Crippen MR) is 82.7 cm³/mol. The van der Waals surface area contributed by atoms with Gasteiger partial charge in [-0.2, -0.15) is 0 Å². The maximum atomic E-state index is 11.6. The highest BCUT2D eigenvalue weighted by Gasteiger charge is 2.32. The van der Waals surface area contributed by atoms with Crippen LogP contribution in [0.15, 0.2) is 11.2 Å². The first-order valence-corrected chi connectivity index (χ1v) is 7.68. The Morgan fingerprint density at radius 2 is 2.00 bits per heavy atom. The lowest BCUT2D eigenvalue weighted by atomic mass is 9.95. The van der Waals surface area contributed by atoms with Crippen LogP contribution in [0.5, 0.6) is 0 Å². The number of hydrogen-bond donors (Lipinski definition) is 2. The van der Waals surface area contributed by atoms with Crippen molar-refractivity contribution in [2.75, 3.05) is 6.54 Å². The van der Waals surface area contributed by atoms with E-state index in [-0.39, 0.29) is 11.2 Å². The van der Waals surface area contributed by atoms with Gasteiger partial charge in [0.05, 0.1) is 5.54 Å². The summed E-state index contributed by atoms with van der Waals surface area (Å²) in [5.74, 6) is -0.326. The molecule has 1 aromatic heterocycles. The van der Waals surface area contributed by atoms with Gasteiger partial charge in [-0.15, -0.1) is 0 Å². The molecule has 3 N–H and O–H groups in total. The Morgan fingerprint density at radius 1 is 1.45 bits per heavy atom. The molecule has 112 valence electrons. The smallest absolute Gasteiger partial charge is 0.237 e. The number of aryl methyl sites for hydroxylation is 2. The summed E-state index contributed by atoms with van der Waals surface area (Å²) in [5.41, 5.74) is 6.72. The zero-order chi connectivity index (χ0) is 15.3. The number of aromatic nitrogens is 2. The molecule has 0 aromatic carbocycles. The molecular weight excluding hydrogens is 272 g/mol. The van der Waals surface area contributed by atoms with Gasteiger partial charge in [-0.3, -0.25) is 4.79 Å². The third kappa shape index (κ3) is 4.76. The highest BCUT2D eigenvalue weighted by atomic mass is 32.2. The number of primary amides is 1. The maximum absolute atomic E-state index is 11.6. The number of nitrogens with zero attached hydrogens (tertiary/aromatic N) is 2. The zero-order valence-electron chi connectivity index (χ0n) is 12.9. The molecule has 1 rings (SSSR count). The number of nitrogens with one attached hydrogen (secondary N) is 1. The molecule has 2 atom stereocenters. The van der Waals surface area contributed by atoms with Gasteiger partial charge in [-0.1, -0.05) is 25.6 Å². The lowest BCUT2D eigenvalue weighted by Crippen LogP contribution is -2.54. The number of rotatable bonds is 7. The fourth-order valence-corrected chi connectivity index (χ4v) is 3.36. The van der Waals surface area contributed by atoms with Crippen molar-refractivity contribution in [2.24, 2.45) is 5.73 Å². The molecule has 0 spiro atoms. The molecule has 0 aliphatic carbocycles. The monoisotopic (exact) mass is 296 g/mol. The number of carbonyl (C=O) groups is 1. The third-order valence-corrected chi connectivity index (χ3v) is 4.04. The number of nitrogens with two attached hydrogens (primary N) is 1. The molecule has 0 radical (unpaired) electrons. The van der Waals surface area contributed by atoms with Crippen molar-refractivity contribution in [3.8, 4) is 0 Å². The van der Waals surface area contributed by atoms with Crippen LogP contribution in [-0.4, -0.2) is 33.2 Å². The fraction of sp³-hybridized carbons (Fsp3) is 0.643. The van der Waals surface area contributed by atoms with E-state index in [1.807, 2.05) is 33.8 Å². The van der Waals surface area contributed by atoms with Gasteiger partial charge in [0.2, 0.25) is 5.91 Å². The quantitative estimate of drug-likeness (QED) is 0.592. The van der Waals surface area contributed by atoms with E-state index >= 15 is 0 Å². The van der Waals surface area contributed by atoms with Crippen LogP contribution in [0.2, 0.25) is 0 Å². The lowest BCUT2D eigenvalue weighted by molar-refractivity contribution is -0.124. The fourth-order valence-electron chi connectivity index (χ4n) is 2.19. The Balaban J connectivity index is 2.75. The van der Waals surface area contributed by atoms with Crippen LogP contribution in [-0.2, 0) is 4.79 Å². The van der Waals surface area contributed by atoms with E-state index in [1.54, 1.807) is 11.8 Å². The van der Waals surface area contributed by atoms with Crippen LogP contribution in [0.1, 0.15) is 38.6 Å². The molecule has 0 bridgehead atoms. The molecule has 0 aliphatic rings. The second-order valence-electron chi connectivity index (χ2n) is 5.29. The van der Waals surface area contributed by atoms with E-state index in [4.69, 9.17) is 5.73 Å². The summed E-state index contributed by atoms with van der Waals surface area (Å²) < 4.78 is 0. The second-order valence-corrected chi connectivity index (χ2v) is 6.70. The molecule has 6 heteroatoms. The van der Waals surface area contributed by atoms with Crippen molar-refractivity contribution < 1.29 is 4.79 Å². The molecular formula is C14H24N4OS. The Labute approximate surface area is 125 Å². The molecule has 2 unspecified atom stereocenters. The van der Waals surface area contributed by atoms with Crippen LogP contribution in [0.25, 0.3) is 0 Å². The van der Waals surface area contributed by atoms with Gasteiger partial charge < -0.3 is 11.1 Å². The van der Waals surface area contributed by atoms with Crippen LogP contribution in [0.3, 0.4) is 0 Å². The number of carbonyl (C=O) groups excluding carboxylic acids is 1. The molecule has 0 saturated carbocycles. The first-order chi connectivity index (χ1) is 9.26. The summed E-state index contributed by atoms with van der Waals surface area (Å²) in [6, 6.07) is 1.95. The topological polar surface area (TPSA) is 80.9 Å². The van der Waals surface area contributed by atoms with Gasteiger partial charge in [-0.25, -0.2) is 9.97 Å². The second kappa shape index (κ2) is 7.04. The standard InChI is InChI=1S/C14H24N4OS/c1-6-16-14(5,12(15)19)8-11(4)20-13-17-9(2)7-10(3)18-13/h7,11,16H,6,8H2,1-5H3,(H2,15,19). The number of hydrogen-bond acceptors (Lipinski definition) is 5. The Morgan fingerprint density at radius 3 is 2.45 bits per heavy atom. The summed E-state index contributed by atoms with van der Waals surface area (Å²) in [7, 11) is 0. The van der Waals surface area contributed by atoms with Gasteiger partial charge in [0, 0.05) is 16.6 Å². The van der Waals surface area contributed by atoms with Crippen LogP contribution < -0.4 is 11.1 Å². The summed E-state index contributed by atoms with van der Waals surface area (Å²) in [5, 5.41) is 4.11. The maximum Gasteiger partial charge on any atom is 0.237 e. The van der Waals surface area contributed by atoms with Crippen molar-refractivity contribution in [3.63, 3.8) is 0 Å². The molecule has 0 saturated heterocycles. The lowest BCUT2D eigenvalue weighted by Gasteiger charge is -2.29. The van der Waals surface area contributed by atoms with Crippen molar-refractivity contribution in [3.05, 3.63) is 17.5 Å². The van der Waals surface area contributed by atoms with Crippen molar-refractivity contribution in [1.82, 2.24) is 15.3 Å². The van der Waals surface area contributed by atoms with Crippen molar-refractivity contribution in [2.45, 2.75) is 57.0 Å². The minimum Gasteiger partial charge on any atom is -0.368 e. The predicted octanol–water partition coefficient (Wildman–Crippen LogP) is 1.82. The number of thioether (sulfide) groups is 1. The van der Waals surface area contributed by atoms with Gasteiger partial charge in [0.1, 0.15) is 0 Å². The SMILES string of the molecule is CCNC(C)(CC(C)Sc1nc(C)cc(C)n1)C(N)=O. The van der Waals surface area contributed by atoms with E-state index < -0.39 is 5.54 Å². The Kier molecular flexibility index (Phi) is 5.95. The highest BCUT2D eigenvalue weighted by Crippen LogP contribution is 2.26. The third-order valence-electron chi connectivity index (χ3n) is 3.07. The van der Waals surface area contributed by atoms with E-state index in [1.165, 1.54) is 0 Å². The highest BCUT2D eigenvalue weighted by molar-refractivity contribution is 7.99. The molecule has 1 heterocycles. The van der Waals surface area contributed by atoms with Crippen LogP contribution >= 0.6 is 11.8 Å². The summed E-state index contributed by atoms with van der Waals surface area (Å²) >= 11 is 1.57. The van der Waals surface area contributed by atoms with E-state index in [0.29, 0.717) is 13.0 Å². The van der Waals surface area contributed by atoms with E-state index in [0.717, 1.165) is 16.5 Å². The van der Waals surface area contributed by atoms with Gasteiger partial charge >= 0.3 is 0 Å². The molecule has 0 fully saturated rings. The summed E-state index contributed by atoms with van der Waals surface area (Å²) in [4.78, 5) is 20.4. The largest absolute Gasteiger partial charge is 0.368 e. The Bertz CT molecular complexity index is 460.